The number of rotatable bonds is 5. The zero-order chi connectivity index (χ0) is 34.1. The Morgan fingerprint density at radius 2 is 1.08 bits per heavy atom. The van der Waals surface area contributed by atoms with Gasteiger partial charge in [0, 0.05) is 42.5 Å². The summed E-state index contributed by atoms with van der Waals surface area (Å²) in [6.45, 7) is 4.70. The van der Waals surface area contributed by atoms with Crippen molar-refractivity contribution >= 4 is 59.3 Å². The van der Waals surface area contributed by atoms with Gasteiger partial charge in [0.25, 0.3) is 0 Å². The number of anilines is 3. The van der Waals surface area contributed by atoms with Gasteiger partial charge in [-0.05, 0) is 92.2 Å². The zero-order valence-corrected chi connectivity index (χ0v) is 29.4. The van der Waals surface area contributed by atoms with Gasteiger partial charge >= 0.3 is 0 Å². The van der Waals surface area contributed by atoms with Gasteiger partial charge in [0.05, 0.1) is 5.69 Å². The summed E-state index contributed by atoms with van der Waals surface area (Å²) in [7, 11) is 0. The Morgan fingerprint density at radius 3 is 1.86 bits per heavy atom. The summed E-state index contributed by atoms with van der Waals surface area (Å²) in [6, 6.07) is 64.7. The Kier molecular flexibility index (Phi) is 6.78. The lowest BCUT2D eigenvalue weighted by Gasteiger charge is -2.29. The minimum Gasteiger partial charge on any atom is -0.310 e. The van der Waals surface area contributed by atoms with E-state index in [9.17, 15) is 0 Å². The lowest BCUT2D eigenvalue weighted by Crippen LogP contribution is -2.16. The van der Waals surface area contributed by atoms with Crippen LogP contribution in [0.5, 0.6) is 0 Å². The second kappa shape index (κ2) is 11.6. The van der Waals surface area contributed by atoms with Crippen LogP contribution in [0.2, 0.25) is 0 Å². The second-order valence-corrected chi connectivity index (χ2v) is 15.2. The van der Waals surface area contributed by atoms with E-state index in [0.29, 0.717) is 0 Å². The van der Waals surface area contributed by atoms with Crippen LogP contribution >= 0.6 is 11.3 Å². The number of fused-ring (bicyclic) bond motifs is 8. The van der Waals surface area contributed by atoms with Gasteiger partial charge in [-0.1, -0.05) is 147 Å². The topological polar surface area (TPSA) is 3.24 Å². The maximum Gasteiger partial charge on any atom is 0.0543 e. The average Bonchev–Trinajstić information content (AvgIpc) is 3.68. The van der Waals surface area contributed by atoms with Crippen molar-refractivity contribution in [3.8, 4) is 33.4 Å². The number of nitrogens with zero attached hydrogens (tertiary/aromatic N) is 1. The standard InChI is InChI=1S/C49H35NS/c1-49(2)43-16-9-8-15-41(43)47-44(49)17-10-18-45(47)50(37-25-19-33(20-26-37)32-11-4-3-5-12-32)38-27-21-34(22-28-38)36-24-30-46-42(31-36)40-29-23-35-13-6-7-14-39(35)48(40)51-46/h3-31H,1-2H3. The number of benzene rings is 8. The molecule has 2 heteroatoms. The van der Waals surface area contributed by atoms with Crippen molar-refractivity contribution in [1.29, 1.82) is 0 Å². The fraction of sp³-hybridized carbons (Fsp3) is 0.0612. The van der Waals surface area contributed by atoms with Gasteiger partial charge in [-0.3, -0.25) is 0 Å². The van der Waals surface area contributed by atoms with Crippen LogP contribution in [0.1, 0.15) is 25.0 Å². The minimum absolute atomic E-state index is 0.0780. The van der Waals surface area contributed by atoms with E-state index >= 15 is 0 Å². The Morgan fingerprint density at radius 1 is 0.451 bits per heavy atom. The van der Waals surface area contributed by atoms with Crippen LogP contribution in [-0.4, -0.2) is 0 Å². The van der Waals surface area contributed by atoms with Crippen molar-refractivity contribution in [3.05, 3.63) is 187 Å². The molecule has 51 heavy (non-hydrogen) atoms. The van der Waals surface area contributed by atoms with Gasteiger partial charge in [0.2, 0.25) is 0 Å². The van der Waals surface area contributed by atoms with E-state index in [-0.39, 0.29) is 5.41 Å². The van der Waals surface area contributed by atoms with Gasteiger partial charge in [-0.15, -0.1) is 11.3 Å². The molecule has 0 spiro atoms. The Hall–Kier alpha value is -5.96. The van der Waals surface area contributed by atoms with Gasteiger partial charge in [-0.25, -0.2) is 0 Å². The van der Waals surface area contributed by atoms with Crippen molar-refractivity contribution in [2.75, 3.05) is 4.90 Å². The summed E-state index contributed by atoms with van der Waals surface area (Å²) in [5.41, 5.74) is 13.7. The van der Waals surface area contributed by atoms with Crippen LogP contribution < -0.4 is 4.90 Å². The molecule has 0 radical (unpaired) electrons. The average molecular weight is 670 g/mol. The first-order valence-electron chi connectivity index (χ1n) is 17.7. The van der Waals surface area contributed by atoms with E-state index in [1.54, 1.807) is 0 Å². The molecule has 1 aromatic heterocycles. The van der Waals surface area contributed by atoms with Crippen molar-refractivity contribution < 1.29 is 0 Å². The molecule has 9 aromatic rings. The highest BCUT2D eigenvalue weighted by Gasteiger charge is 2.37. The van der Waals surface area contributed by atoms with E-state index in [1.807, 2.05) is 11.3 Å². The first-order chi connectivity index (χ1) is 25.0. The van der Waals surface area contributed by atoms with Crippen molar-refractivity contribution in [2.24, 2.45) is 0 Å². The normalized spacial score (nSPS) is 13.1. The maximum absolute atomic E-state index is 2.44. The molecule has 0 unspecified atom stereocenters. The van der Waals surface area contributed by atoms with Crippen LogP contribution in [0.4, 0.5) is 17.1 Å². The summed E-state index contributed by atoms with van der Waals surface area (Å²) >= 11 is 1.89. The summed E-state index contributed by atoms with van der Waals surface area (Å²) < 4.78 is 2.69. The SMILES string of the molecule is CC1(C)c2ccccc2-c2c(N(c3ccc(-c4ccccc4)cc3)c3ccc(-c4ccc5sc6c7ccccc7ccc6c5c4)cc3)cccc21. The van der Waals surface area contributed by atoms with Crippen LogP contribution in [-0.2, 0) is 5.41 Å². The molecule has 0 aliphatic heterocycles. The molecule has 0 saturated carbocycles. The first-order valence-corrected chi connectivity index (χ1v) is 18.5. The van der Waals surface area contributed by atoms with E-state index < -0.39 is 0 Å². The highest BCUT2D eigenvalue weighted by Crippen LogP contribution is 2.54. The second-order valence-electron chi connectivity index (χ2n) is 14.1. The minimum atomic E-state index is -0.0780. The van der Waals surface area contributed by atoms with Gasteiger partial charge in [-0.2, -0.15) is 0 Å². The third-order valence-electron chi connectivity index (χ3n) is 10.9. The molecule has 1 nitrogen and oxygen atoms in total. The molecular weight excluding hydrogens is 635 g/mol. The third-order valence-corrected chi connectivity index (χ3v) is 12.1. The predicted molar refractivity (Wildman–Crippen MR) is 220 cm³/mol. The summed E-state index contributed by atoms with van der Waals surface area (Å²) in [4.78, 5) is 2.44. The first kappa shape index (κ1) is 29.9. The van der Waals surface area contributed by atoms with Crippen molar-refractivity contribution in [2.45, 2.75) is 19.3 Å². The molecule has 8 aromatic carbocycles. The molecule has 1 aliphatic rings. The van der Waals surface area contributed by atoms with Crippen LogP contribution in [0.3, 0.4) is 0 Å². The Labute approximate surface area is 302 Å². The summed E-state index contributed by atoms with van der Waals surface area (Å²) in [6.07, 6.45) is 0. The number of hydrogen-bond acceptors (Lipinski definition) is 2. The third kappa shape index (κ3) is 4.75. The van der Waals surface area contributed by atoms with E-state index in [2.05, 4.69) is 195 Å². The molecule has 1 aliphatic carbocycles. The fourth-order valence-corrected chi connectivity index (χ4v) is 9.49. The Balaban J connectivity index is 1.10. The van der Waals surface area contributed by atoms with Gasteiger partial charge in [0.1, 0.15) is 0 Å². The van der Waals surface area contributed by atoms with E-state index in [0.717, 1.165) is 11.4 Å². The maximum atomic E-state index is 2.44. The molecule has 0 atom stereocenters. The zero-order valence-electron chi connectivity index (χ0n) is 28.6. The fourth-order valence-electron chi connectivity index (χ4n) is 8.27. The molecule has 242 valence electrons. The largest absolute Gasteiger partial charge is 0.310 e. The number of hydrogen-bond donors (Lipinski definition) is 0. The molecule has 10 rings (SSSR count). The molecule has 0 amide bonds. The molecular formula is C49H35NS. The molecule has 1 heterocycles. The molecule has 0 saturated heterocycles. The van der Waals surface area contributed by atoms with Crippen molar-refractivity contribution in [1.82, 2.24) is 0 Å². The van der Waals surface area contributed by atoms with Crippen LogP contribution in [0, 0.1) is 0 Å². The molecule has 0 fully saturated rings. The van der Waals surface area contributed by atoms with E-state index in [1.165, 1.54) is 81.1 Å². The lowest BCUT2D eigenvalue weighted by atomic mass is 9.82. The molecule has 0 bridgehead atoms. The van der Waals surface area contributed by atoms with E-state index in [4.69, 9.17) is 0 Å². The monoisotopic (exact) mass is 669 g/mol. The summed E-state index contributed by atoms with van der Waals surface area (Å²) in [5.74, 6) is 0. The Bertz CT molecular complexity index is 2750. The summed E-state index contributed by atoms with van der Waals surface area (Å²) in [5, 5.41) is 5.28. The highest BCUT2D eigenvalue weighted by molar-refractivity contribution is 7.26. The van der Waals surface area contributed by atoms with Crippen LogP contribution in [0.25, 0.3) is 64.3 Å². The lowest BCUT2D eigenvalue weighted by molar-refractivity contribution is 0.660. The predicted octanol–water partition coefficient (Wildman–Crippen LogP) is 14.3. The molecule has 0 N–H and O–H groups in total. The van der Waals surface area contributed by atoms with Gasteiger partial charge < -0.3 is 4.90 Å². The number of thiophene rings is 1. The van der Waals surface area contributed by atoms with Gasteiger partial charge in [0.15, 0.2) is 0 Å². The highest BCUT2D eigenvalue weighted by atomic mass is 32.1. The smallest absolute Gasteiger partial charge is 0.0543 e. The van der Waals surface area contributed by atoms with Crippen molar-refractivity contribution in [3.63, 3.8) is 0 Å². The van der Waals surface area contributed by atoms with Crippen LogP contribution in [0.15, 0.2) is 176 Å². The quantitative estimate of drug-likeness (QED) is 0.176.